The first kappa shape index (κ1) is 14.3. The van der Waals surface area contributed by atoms with E-state index in [2.05, 4.69) is 0 Å². The summed E-state index contributed by atoms with van der Waals surface area (Å²) in [5.41, 5.74) is 2.82. The van der Waals surface area contributed by atoms with E-state index < -0.39 is 10.0 Å². The topological polar surface area (TPSA) is 37.4 Å². The fourth-order valence-electron chi connectivity index (χ4n) is 1.67. The molecule has 96 valence electrons. The second-order valence-electron chi connectivity index (χ2n) is 4.17. The molecule has 0 aliphatic rings. The molecule has 0 radical (unpaired) electrons. The van der Waals surface area contributed by atoms with E-state index in [4.69, 9.17) is 11.6 Å². The minimum absolute atomic E-state index is 0.0833. The van der Waals surface area contributed by atoms with E-state index in [0.717, 1.165) is 11.1 Å². The van der Waals surface area contributed by atoms with Gasteiger partial charge in [-0.1, -0.05) is 6.07 Å². The number of rotatable bonds is 5. The number of anilines is 1. The van der Waals surface area contributed by atoms with Gasteiger partial charge in [-0.3, -0.25) is 4.31 Å². The van der Waals surface area contributed by atoms with Crippen LogP contribution in [0.4, 0.5) is 5.69 Å². The summed E-state index contributed by atoms with van der Waals surface area (Å²) in [6.45, 7) is 3.91. The third kappa shape index (κ3) is 3.89. The van der Waals surface area contributed by atoms with Crippen LogP contribution >= 0.6 is 11.6 Å². The normalized spacial score (nSPS) is 11.5. The van der Waals surface area contributed by atoms with Crippen LogP contribution in [0, 0.1) is 13.8 Å². The van der Waals surface area contributed by atoms with Gasteiger partial charge in [0, 0.05) is 12.9 Å². The lowest BCUT2D eigenvalue weighted by atomic mass is 10.1. The van der Waals surface area contributed by atoms with Gasteiger partial charge < -0.3 is 0 Å². The molecule has 0 saturated heterocycles. The van der Waals surface area contributed by atoms with Crippen molar-refractivity contribution < 1.29 is 8.42 Å². The van der Waals surface area contributed by atoms with Crippen LogP contribution in [0.3, 0.4) is 0 Å². The quantitative estimate of drug-likeness (QED) is 0.775. The second kappa shape index (κ2) is 5.74. The molecule has 17 heavy (non-hydrogen) atoms. The number of alkyl halides is 1. The van der Waals surface area contributed by atoms with Crippen LogP contribution in [0.15, 0.2) is 18.2 Å². The SMILES string of the molecule is Cc1cc(C)cc(N(C)S(=O)(=O)CCCCl)c1. The average Bonchev–Trinajstić information content (AvgIpc) is 2.24. The Balaban J connectivity index is 2.99. The molecule has 0 N–H and O–H groups in total. The Morgan fingerprint density at radius 1 is 1.18 bits per heavy atom. The maximum atomic E-state index is 12.0. The zero-order chi connectivity index (χ0) is 13.1. The summed E-state index contributed by atoms with van der Waals surface area (Å²) in [5, 5.41) is 0. The predicted molar refractivity (Wildman–Crippen MR) is 73.4 cm³/mol. The smallest absolute Gasteiger partial charge is 0.234 e. The minimum atomic E-state index is -3.26. The van der Waals surface area contributed by atoms with E-state index in [1.807, 2.05) is 32.0 Å². The Hall–Kier alpha value is -0.740. The molecular weight excluding hydrogens is 258 g/mol. The summed E-state index contributed by atoms with van der Waals surface area (Å²) in [7, 11) is -1.68. The van der Waals surface area contributed by atoms with Crippen LogP contribution in [-0.4, -0.2) is 27.1 Å². The van der Waals surface area contributed by atoms with E-state index in [-0.39, 0.29) is 5.75 Å². The van der Waals surface area contributed by atoms with Crippen LogP contribution in [0.2, 0.25) is 0 Å². The molecule has 0 fully saturated rings. The molecule has 0 aromatic heterocycles. The third-order valence-electron chi connectivity index (χ3n) is 2.52. The summed E-state index contributed by atoms with van der Waals surface area (Å²) in [6, 6.07) is 5.75. The molecule has 3 nitrogen and oxygen atoms in total. The minimum Gasteiger partial charge on any atom is -0.273 e. The molecule has 0 bridgehead atoms. The number of hydrogen-bond donors (Lipinski definition) is 0. The fourth-order valence-corrected chi connectivity index (χ4v) is 3.17. The second-order valence-corrected chi connectivity index (χ2v) is 6.67. The van der Waals surface area contributed by atoms with Crippen LogP contribution in [0.1, 0.15) is 17.5 Å². The average molecular weight is 276 g/mol. The number of halogens is 1. The molecule has 0 heterocycles. The van der Waals surface area contributed by atoms with Crippen molar-refractivity contribution in [2.24, 2.45) is 0 Å². The highest BCUT2D eigenvalue weighted by atomic mass is 35.5. The van der Waals surface area contributed by atoms with Crippen LogP contribution in [-0.2, 0) is 10.0 Å². The maximum absolute atomic E-state index is 12.0. The van der Waals surface area contributed by atoms with Crippen LogP contribution < -0.4 is 4.31 Å². The molecule has 0 aliphatic carbocycles. The highest BCUT2D eigenvalue weighted by Gasteiger charge is 2.18. The number of hydrogen-bond acceptors (Lipinski definition) is 2. The zero-order valence-electron chi connectivity index (χ0n) is 10.4. The van der Waals surface area contributed by atoms with Gasteiger partial charge >= 0.3 is 0 Å². The van der Waals surface area contributed by atoms with Gasteiger partial charge in [0.1, 0.15) is 0 Å². The largest absolute Gasteiger partial charge is 0.273 e. The zero-order valence-corrected chi connectivity index (χ0v) is 12.0. The Labute approximate surface area is 108 Å². The first-order valence-electron chi connectivity index (χ1n) is 5.47. The Kier molecular flexibility index (Phi) is 4.83. The van der Waals surface area contributed by atoms with Crippen molar-refractivity contribution in [2.45, 2.75) is 20.3 Å². The third-order valence-corrected chi connectivity index (χ3v) is 4.64. The van der Waals surface area contributed by atoms with Gasteiger partial charge in [0.15, 0.2) is 0 Å². The summed E-state index contributed by atoms with van der Waals surface area (Å²) in [4.78, 5) is 0. The van der Waals surface area contributed by atoms with Gasteiger partial charge in [-0.25, -0.2) is 8.42 Å². The number of sulfonamides is 1. The summed E-state index contributed by atoms with van der Waals surface area (Å²) in [5.74, 6) is 0.444. The first-order valence-corrected chi connectivity index (χ1v) is 7.62. The van der Waals surface area contributed by atoms with Crippen molar-refractivity contribution in [1.82, 2.24) is 0 Å². The number of benzene rings is 1. The summed E-state index contributed by atoms with van der Waals surface area (Å²) >= 11 is 5.53. The molecular formula is C12H18ClNO2S. The monoisotopic (exact) mass is 275 g/mol. The van der Waals surface area contributed by atoms with E-state index in [0.29, 0.717) is 18.0 Å². The lowest BCUT2D eigenvalue weighted by Crippen LogP contribution is -2.29. The first-order chi connectivity index (χ1) is 7.86. The fraction of sp³-hybridized carbons (Fsp3) is 0.500. The highest BCUT2D eigenvalue weighted by molar-refractivity contribution is 7.92. The molecule has 0 unspecified atom stereocenters. The molecule has 1 rings (SSSR count). The molecule has 0 aliphatic heterocycles. The van der Waals surface area contributed by atoms with Gasteiger partial charge in [0.05, 0.1) is 11.4 Å². The molecule has 5 heteroatoms. The van der Waals surface area contributed by atoms with Crippen LogP contribution in [0.25, 0.3) is 0 Å². The van der Waals surface area contributed by atoms with Gasteiger partial charge in [-0.15, -0.1) is 11.6 Å². The van der Waals surface area contributed by atoms with Gasteiger partial charge in [-0.05, 0) is 43.5 Å². The number of nitrogens with zero attached hydrogens (tertiary/aromatic N) is 1. The Morgan fingerprint density at radius 2 is 1.71 bits per heavy atom. The van der Waals surface area contributed by atoms with Crippen molar-refractivity contribution in [3.8, 4) is 0 Å². The van der Waals surface area contributed by atoms with Gasteiger partial charge in [0.2, 0.25) is 10.0 Å². The standard InChI is InChI=1S/C12H18ClNO2S/c1-10-7-11(2)9-12(8-10)14(3)17(15,16)6-4-5-13/h7-9H,4-6H2,1-3H3. The van der Waals surface area contributed by atoms with Crippen LogP contribution in [0.5, 0.6) is 0 Å². The molecule has 1 aromatic rings. The predicted octanol–water partition coefficient (Wildman–Crippen LogP) is 2.70. The lowest BCUT2D eigenvalue weighted by molar-refractivity contribution is 0.593. The summed E-state index contributed by atoms with van der Waals surface area (Å²) in [6.07, 6.45) is 0.471. The number of aryl methyl sites for hydroxylation is 2. The molecule has 0 spiro atoms. The van der Waals surface area contributed by atoms with Crippen molar-refractivity contribution in [3.63, 3.8) is 0 Å². The molecule has 0 saturated carbocycles. The molecule has 0 amide bonds. The van der Waals surface area contributed by atoms with Crippen molar-refractivity contribution in [2.75, 3.05) is 23.0 Å². The highest BCUT2D eigenvalue weighted by Crippen LogP contribution is 2.20. The maximum Gasteiger partial charge on any atom is 0.234 e. The van der Waals surface area contributed by atoms with E-state index >= 15 is 0 Å². The Bertz CT molecular complexity index is 465. The van der Waals surface area contributed by atoms with Crippen molar-refractivity contribution in [3.05, 3.63) is 29.3 Å². The van der Waals surface area contributed by atoms with Gasteiger partial charge in [0.25, 0.3) is 0 Å². The van der Waals surface area contributed by atoms with E-state index in [9.17, 15) is 8.42 Å². The van der Waals surface area contributed by atoms with E-state index in [1.54, 1.807) is 7.05 Å². The van der Waals surface area contributed by atoms with Crippen molar-refractivity contribution in [1.29, 1.82) is 0 Å². The van der Waals surface area contributed by atoms with Gasteiger partial charge in [-0.2, -0.15) is 0 Å². The molecule has 1 aromatic carbocycles. The summed E-state index contributed by atoms with van der Waals surface area (Å²) < 4.78 is 25.3. The van der Waals surface area contributed by atoms with Crippen molar-refractivity contribution >= 4 is 27.3 Å². The van der Waals surface area contributed by atoms with E-state index in [1.165, 1.54) is 4.31 Å². The Morgan fingerprint density at radius 3 is 2.18 bits per heavy atom. The lowest BCUT2D eigenvalue weighted by Gasteiger charge is -2.20. The molecule has 0 atom stereocenters.